The Hall–Kier alpha value is -1.85. The van der Waals surface area contributed by atoms with E-state index >= 15 is 0 Å². The number of carbonyl (C=O) groups excluding carboxylic acids is 3. The van der Waals surface area contributed by atoms with E-state index in [-0.39, 0.29) is 69.1 Å². The summed E-state index contributed by atoms with van der Waals surface area (Å²) in [5.41, 5.74) is 0.954. The predicted molar refractivity (Wildman–Crippen MR) is 173 cm³/mol. The van der Waals surface area contributed by atoms with Gasteiger partial charge in [-0.15, -0.1) is 0 Å². The van der Waals surface area contributed by atoms with Crippen LogP contribution in [0.2, 0.25) is 0 Å². The summed E-state index contributed by atoms with van der Waals surface area (Å²) in [6, 6.07) is 0. The number of hydrogen-bond donors (Lipinski definition) is 1. The first-order valence-corrected chi connectivity index (χ1v) is 17.5. The molecule has 6 nitrogen and oxygen atoms in total. The van der Waals surface area contributed by atoms with Crippen LogP contribution in [0.5, 0.6) is 0 Å². The van der Waals surface area contributed by atoms with E-state index in [1.807, 2.05) is 20.8 Å². The molecule has 8 atom stereocenters. The lowest BCUT2D eigenvalue weighted by atomic mass is 9.33. The number of ether oxygens (including phenoxy) is 2. The molecule has 5 aliphatic carbocycles. The third-order valence-corrected chi connectivity index (χ3v) is 14.1. The number of amides is 1. The summed E-state index contributed by atoms with van der Waals surface area (Å²) in [4.78, 5) is 38.8. The van der Waals surface area contributed by atoms with Crippen LogP contribution in [-0.2, 0) is 23.9 Å². The third-order valence-electron chi connectivity index (χ3n) is 14.1. The lowest BCUT2D eigenvalue weighted by Crippen LogP contribution is -2.65. The molecule has 0 aromatic heterocycles. The Morgan fingerprint density at radius 3 is 2.18 bits per heavy atom. The van der Waals surface area contributed by atoms with Crippen molar-refractivity contribution in [1.82, 2.24) is 5.32 Å². The summed E-state index contributed by atoms with van der Waals surface area (Å²) in [6.07, 6.45) is 12.5. The Kier molecular flexibility index (Phi) is 8.06. The summed E-state index contributed by atoms with van der Waals surface area (Å²) in [6.45, 7) is 24.2. The molecular formula is C38H61NO5. The fraction of sp³-hybridized carbons (Fsp3) is 0.868. The number of fused-ring (bicyclic) bond motifs is 7. The number of allylic oxidation sites excluding steroid dienone is 2. The Labute approximate surface area is 267 Å². The van der Waals surface area contributed by atoms with E-state index in [9.17, 15) is 14.4 Å². The van der Waals surface area contributed by atoms with Crippen LogP contribution in [0.15, 0.2) is 11.6 Å². The monoisotopic (exact) mass is 611 g/mol. The first-order chi connectivity index (χ1) is 20.1. The molecule has 1 amide bonds. The van der Waals surface area contributed by atoms with Crippen molar-refractivity contribution in [2.24, 2.45) is 50.2 Å². The zero-order valence-corrected chi connectivity index (χ0v) is 29.7. The van der Waals surface area contributed by atoms with Gasteiger partial charge in [-0.3, -0.25) is 14.4 Å². The summed E-state index contributed by atoms with van der Waals surface area (Å²) >= 11 is 0. The van der Waals surface area contributed by atoms with Gasteiger partial charge in [-0.05, 0) is 124 Å². The molecule has 44 heavy (non-hydrogen) atoms. The number of carbonyl (C=O) groups is 3. The fourth-order valence-electron chi connectivity index (χ4n) is 11.7. The Bertz CT molecular complexity index is 1230. The summed E-state index contributed by atoms with van der Waals surface area (Å²) < 4.78 is 11.8. The van der Waals surface area contributed by atoms with Gasteiger partial charge in [0.1, 0.15) is 6.10 Å². The van der Waals surface area contributed by atoms with E-state index in [0.29, 0.717) is 11.8 Å². The minimum absolute atomic E-state index is 0.00620. The standard InChI is InChI=1S/C38H61NO5/c1-24(40)44-29-15-16-35(9)27(34(29,7)8)14-17-37(11)28(35)13-12-25-26-22-33(5,6)18-20-38(26,21-19-36(25,37)10)31(42)43-23-30(41)39-32(2,3)4/h12,26-29H,13-23H2,1-11H3,(H,39,41)/t26-,27-,28+,29-,35-,36+,37+,38-/m0/s1. The van der Waals surface area contributed by atoms with Crippen molar-refractivity contribution in [3.05, 3.63) is 11.6 Å². The van der Waals surface area contributed by atoms with Crippen LogP contribution in [0.3, 0.4) is 0 Å². The largest absolute Gasteiger partial charge is 0.462 e. The SMILES string of the molecule is CC(=O)O[C@H]1CC[C@]2(C)[C@H]3CC=C4[C@@H]5CC(C)(C)CC[C@]5(C(=O)OCC(=O)NC(C)(C)C)CC[C@@]4(C)[C@]3(C)CC[C@H]2C1(C)C. The van der Waals surface area contributed by atoms with Gasteiger partial charge in [-0.2, -0.15) is 0 Å². The van der Waals surface area contributed by atoms with Gasteiger partial charge in [0.2, 0.25) is 0 Å². The molecule has 0 spiro atoms. The highest BCUT2D eigenvalue weighted by Gasteiger charge is 2.69. The molecule has 0 aromatic rings. The maximum absolute atomic E-state index is 14.1. The predicted octanol–water partition coefficient (Wildman–Crippen LogP) is 8.18. The molecule has 4 fully saturated rings. The van der Waals surface area contributed by atoms with E-state index in [0.717, 1.165) is 64.2 Å². The van der Waals surface area contributed by atoms with Gasteiger partial charge in [-0.1, -0.05) is 60.1 Å². The van der Waals surface area contributed by atoms with Gasteiger partial charge in [-0.25, -0.2) is 0 Å². The van der Waals surface area contributed by atoms with Crippen molar-refractivity contribution in [2.45, 2.75) is 152 Å². The van der Waals surface area contributed by atoms with Gasteiger partial charge < -0.3 is 14.8 Å². The highest BCUT2D eigenvalue weighted by Crippen LogP contribution is 2.76. The third kappa shape index (κ3) is 5.17. The van der Waals surface area contributed by atoms with Gasteiger partial charge in [0, 0.05) is 17.9 Å². The molecule has 0 heterocycles. The molecule has 5 rings (SSSR count). The molecule has 0 saturated heterocycles. The zero-order chi connectivity index (χ0) is 32.7. The maximum atomic E-state index is 14.1. The van der Waals surface area contributed by atoms with E-state index in [4.69, 9.17) is 9.47 Å². The normalized spacial score (nSPS) is 42.3. The lowest BCUT2D eigenvalue weighted by Gasteiger charge is -2.71. The van der Waals surface area contributed by atoms with Crippen LogP contribution in [0, 0.1) is 50.2 Å². The fourth-order valence-corrected chi connectivity index (χ4v) is 11.7. The number of rotatable bonds is 4. The second-order valence-electron chi connectivity index (χ2n) is 18.7. The number of nitrogens with one attached hydrogen (secondary N) is 1. The van der Waals surface area contributed by atoms with Crippen molar-refractivity contribution in [3.63, 3.8) is 0 Å². The second kappa shape index (κ2) is 10.6. The molecule has 5 aliphatic rings. The summed E-state index contributed by atoms with van der Waals surface area (Å²) in [5, 5.41) is 2.94. The average molecular weight is 612 g/mol. The zero-order valence-electron chi connectivity index (χ0n) is 29.7. The van der Waals surface area contributed by atoms with Crippen molar-refractivity contribution >= 4 is 17.8 Å². The molecule has 0 radical (unpaired) electrons. The Morgan fingerprint density at radius 2 is 1.55 bits per heavy atom. The van der Waals surface area contributed by atoms with Crippen molar-refractivity contribution < 1.29 is 23.9 Å². The van der Waals surface area contributed by atoms with Gasteiger partial charge in [0.05, 0.1) is 5.41 Å². The molecule has 0 aromatic carbocycles. The van der Waals surface area contributed by atoms with E-state index in [1.165, 1.54) is 5.57 Å². The summed E-state index contributed by atoms with van der Waals surface area (Å²) in [5.74, 6) is 0.604. The molecule has 0 bridgehead atoms. The molecule has 4 saturated carbocycles. The smallest absolute Gasteiger partial charge is 0.313 e. The quantitative estimate of drug-likeness (QED) is 0.256. The van der Waals surface area contributed by atoms with Crippen LogP contribution in [0.25, 0.3) is 0 Å². The van der Waals surface area contributed by atoms with Crippen LogP contribution in [0.1, 0.15) is 140 Å². The minimum atomic E-state index is -0.558. The van der Waals surface area contributed by atoms with E-state index < -0.39 is 5.41 Å². The maximum Gasteiger partial charge on any atom is 0.313 e. The lowest BCUT2D eigenvalue weighted by molar-refractivity contribution is -0.213. The number of esters is 2. The highest BCUT2D eigenvalue weighted by molar-refractivity contribution is 5.84. The van der Waals surface area contributed by atoms with Gasteiger partial charge in [0.25, 0.3) is 5.91 Å². The van der Waals surface area contributed by atoms with E-state index in [1.54, 1.807) is 6.92 Å². The van der Waals surface area contributed by atoms with Crippen LogP contribution < -0.4 is 5.32 Å². The minimum Gasteiger partial charge on any atom is -0.462 e. The van der Waals surface area contributed by atoms with Crippen LogP contribution >= 0.6 is 0 Å². The van der Waals surface area contributed by atoms with Gasteiger partial charge >= 0.3 is 11.9 Å². The molecular weight excluding hydrogens is 550 g/mol. The first kappa shape index (κ1) is 33.5. The van der Waals surface area contributed by atoms with E-state index in [2.05, 4.69) is 59.9 Å². The molecule has 0 aliphatic heterocycles. The van der Waals surface area contributed by atoms with Crippen molar-refractivity contribution in [3.8, 4) is 0 Å². The van der Waals surface area contributed by atoms with Crippen LogP contribution in [0.4, 0.5) is 0 Å². The topological polar surface area (TPSA) is 81.7 Å². The molecule has 0 unspecified atom stereocenters. The summed E-state index contributed by atoms with van der Waals surface area (Å²) in [7, 11) is 0. The van der Waals surface area contributed by atoms with Gasteiger partial charge in [0.15, 0.2) is 6.61 Å². The first-order valence-electron chi connectivity index (χ1n) is 17.5. The van der Waals surface area contributed by atoms with Crippen molar-refractivity contribution in [2.75, 3.05) is 6.61 Å². The second-order valence-corrected chi connectivity index (χ2v) is 18.7. The number of hydrogen-bond acceptors (Lipinski definition) is 5. The Morgan fingerprint density at radius 1 is 0.886 bits per heavy atom. The Balaban J connectivity index is 1.47. The average Bonchev–Trinajstić information content (AvgIpc) is 2.88. The van der Waals surface area contributed by atoms with Crippen LogP contribution in [-0.4, -0.2) is 36.1 Å². The molecule has 1 N–H and O–H groups in total. The highest BCUT2D eigenvalue weighted by atomic mass is 16.5. The molecule has 248 valence electrons. The molecule has 6 heteroatoms. The van der Waals surface area contributed by atoms with Crippen molar-refractivity contribution in [1.29, 1.82) is 0 Å².